The Morgan fingerprint density at radius 3 is 2.89 bits per heavy atom. The molecule has 2 atom stereocenters. The Bertz CT molecular complexity index is 271. The number of nitrogens with one attached hydrogen (secondary N) is 1. The van der Waals surface area contributed by atoms with Crippen molar-refractivity contribution >= 4 is 0 Å². The van der Waals surface area contributed by atoms with Crippen molar-refractivity contribution in [2.45, 2.75) is 38.6 Å². The summed E-state index contributed by atoms with van der Waals surface area (Å²) in [6, 6.07) is 2.40. The summed E-state index contributed by atoms with van der Waals surface area (Å²) in [5.74, 6) is 0.623. The van der Waals surface area contributed by atoms with E-state index in [-0.39, 0.29) is 0 Å². The molecule has 1 fully saturated rings. The molecule has 0 aromatic rings. The molecule has 0 aromatic carbocycles. The van der Waals surface area contributed by atoms with Gasteiger partial charge in [-0.15, -0.1) is 0 Å². The molecule has 0 aromatic heterocycles. The van der Waals surface area contributed by atoms with Crippen molar-refractivity contribution in [2.75, 3.05) is 39.9 Å². The van der Waals surface area contributed by atoms with Crippen molar-refractivity contribution in [1.82, 2.24) is 10.2 Å². The van der Waals surface area contributed by atoms with E-state index in [4.69, 9.17) is 4.74 Å². The van der Waals surface area contributed by atoms with E-state index in [1.807, 2.05) is 6.92 Å². The summed E-state index contributed by atoms with van der Waals surface area (Å²) >= 11 is 0. The van der Waals surface area contributed by atoms with Gasteiger partial charge in [-0.2, -0.15) is 5.26 Å². The molecule has 4 nitrogen and oxygen atoms in total. The Kier molecular flexibility index (Phi) is 6.62. The maximum Gasteiger partial charge on any atom is 0.116 e. The van der Waals surface area contributed by atoms with Crippen LogP contribution in [0, 0.1) is 17.2 Å². The predicted molar refractivity (Wildman–Crippen MR) is 73.4 cm³/mol. The van der Waals surface area contributed by atoms with E-state index in [9.17, 15) is 5.26 Å². The average Bonchev–Trinajstić information content (AvgIpc) is 2.37. The largest absolute Gasteiger partial charge is 0.381 e. The van der Waals surface area contributed by atoms with Gasteiger partial charge in [0, 0.05) is 19.7 Å². The molecule has 2 unspecified atom stereocenters. The van der Waals surface area contributed by atoms with E-state index in [1.165, 1.54) is 12.8 Å². The van der Waals surface area contributed by atoms with Crippen molar-refractivity contribution in [3.05, 3.63) is 0 Å². The molecule has 1 saturated heterocycles. The number of hydrogen-bond donors (Lipinski definition) is 1. The van der Waals surface area contributed by atoms with E-state index in [1.54, 1.807) is 0 Å². The van der Waals surface area contributed by atoms with Crippen LogP contribution in [-0.4, -0.2) is 50.3 Å². The molecule has 1 heterocycles. The average molecular weight is 253 g/mol. The zero-order valence-corrected chi connectivity index (χ0v) is 12.0. The van der Waals surface area contributed by atoms with Gasteiger partial charge in [0.15, 0.2) is 0 Å². The fourth-order valence-corrected chi connectivity index (χ4v) is 2.53. The maximum absolute atomic E-state index is 9.30. The van der Waals surface area contributed by atoms with Crippen molar-refractivity contribution in [3.8, 4) is 6.07 Å². The molecule has 18 heavy (non-hydrogen) atoms. The van der Waals surface area contributed by atoms with E-state index in [2.05, 4.69) is 30.3 Å². The van der Waals surface area contributed by atoms with Crippen molar-refractivity contribution in [2.24, 2.45) is 5.92 Å². The summed E-state index contributed by atoms with van der Waals surface area (Å²) in [5, 5.41) is 12.6. The Morgan fingerprint density at radius 2 is 2.33 bits per heavy atom. The van der Waals surface area contributed by atoms with E-state index < -0.39 is 5.54 Å². The van der Waals surface area contributed by atoms with Crippen LogP contribution >= 0.6 is 0 Å². The van der Waals surface area contributed by atoms with Crippen LogP contribution in [0.15, 0.2) is 0 Å². The predicted octanol–water partition coefficient (Wildman–Crippen LogP) is 1.63. The minimum Gasteiger partial charge on any atom is -0.381 e. The highest BCUT2D eigenvalue weighted by Gasteiger charge is 2.26. The maximum atomic E-state index is 9.30. The highest BCUT2D eigenvalue weighted by molar-refractivity contribution is 5.05. The molecule has 1 aliphatic heterocycles. The van der Waals surface area contributed by atoms with Crippen LogP contribution < -0.4 is 5.32 Å². The van der Waals surface area contributed by atoms with Crippen molar-refractivity contribution in [3.63, 3.8) is 0 Å². The van der Waals surface area contributed by atoms with Gasteiger partial charge in [-0.3, -0.25) is 5.32 Å². The minimum atomic E-state index is -0.444. The third-order valence-corrected chi connectivity index (χ3v) is 3.42. The molecular weight excluding hydrogens is 226 g/mol. The van der Waals surface area contributed by atoms with Gasteiger partial charge >= 0.3 is 0 Å². The topological polar surface area (TPSA) is 48.3 Å². The second-order valence-corrected chi connectivity index (χ2v) is 5.65. The molecule has 1 aliphatic rings. The van der Waals surface area contributed by atoms with Gasteiger partial charge in [-0.1, -0.05) is 6.92 Å². The summed E-state index contributed by atoms with van der Waals surface area (Å²) in [5.41, 5.74) is -0.444. The SMILES string of the molecule is CCCNC(C)(C#N)CN(C)CC1CCCOC1. The molecular formula is C14H27N3O. The molecule has 0 amide bonds. The number of rotatable bonds is 7. The van der Waals surface area contributed by atoms with Gasteiger partial charge in [0.1, 0.15) is 5.54 Å². The third-order valence-electron chi connectivity index (χ3n) is 3.42. The van der Waals surface area contributed by atoms with E-state index in [0.29, 0.717) is 5.92 Å². The van der Waals surface area contributed by atoms with Crippen LogP contribution in [0.25, 0.3) is 0 Å². The first kappa shape index (κ1) is 15.4. The lowest BCUT2D eigenvalue weighted by Gasteiger charge is -2.32. The minimum absolute atomic E-state index is 0.444. The zero-order valence-electron chi connectivity index (χ0n) is 12.0. The number of ether oxygens (including phenoxy) is 1. The monoisotopic (exact) mass is 253 g/mol. The molecule has 0 spiro atoms. The van der Waals surface area contributed by atoms with Gasteiger partial charge in [0.2, 0.25) is 0 Å². The van der Waals surface area contributed by atoms with Crippen LogP contribution in [0.5, 0.6) is 0 Å². The molecule has 0 radical (unpaired) electrons. The first-order valence-electron chi connectivity index (χ1n) is 7.02. The lowest BCUT2D eigenvalue weighted by atomic mass is 9.99. The zero-order chi connectivity index (χ0) is 13.4. The molecule has 1 rings (SSSR count). The molecule has 0 aliphatic carbocycles. The van der Waals surface area contributed by atoms with Crippen molar-refractivity contribution < 1.29 is 4.74 Å². The van der Waals surface area contributed by atoms with Crippen LogP contribution in [0.3, 0.4) is 0 Å². The van der Waals surface area contributed by atoms with Gasteiger partial charge in [-0.25, -0.2) is 0 Å². The van der Waals surface area contributed by atoms with Crippen LogP contribution in [0.1, 0.15) is 33.1 Å². The van der Waals surface area contributed by atoms with Crippen LogP contribution in [0.4, 0.5) is 0 Å². The van der Waals surface area contributed by atoms with Crippen LogP contribution in [-0.2, 0) is 4.74 Å². The lowest BCUT2D eigenvalue weighted by molar-refractivity contribution is 0.0400. The Balaban J connectivity index is 2.36. The smallest absolute Gasteiger partial charge is 0.116 e. The third kappa shape index (κ3) is 5.34. The highest BCUT2D eigenvalue weighted by atomic mass is 16.5. The van der Waals surface area contributed by atoms with Crippen molar-refractivity contribution in [1.29, 1.82) is 5.26 Å². The lowest BCUT2D eigenvalue weighted by Crippen LogP contribution is -2.50. The number of hydrogen-bond acceptors (Lipinski definition) is 4. The van der Waals surface area contributed by atoms with Gasteiger partial charge in [-0.05, 0) is 45.7 Å². The Hall–Kier alpha value is -0.630. The number of nitriles is 1. The van der Waals surface area contributed by atoms with E-state index in [0.717, 1.165) is 39.3 Å². The fourth-order valence-electron chi connectivity index (χ4n) is 2.53. The molecule has 4 heteroatoms. The first-order chi connectivity index (χ1) is 8.59. The standard InChI is InChI=1S/C14H27N3O/c1-4-7-16-14(2,11-15)12-17(3)9-13-6-5-8-18-10-13/h13,16H,4-10,12H2,1-3H3. The molecule has 0 bridgehead atoms. The van der Waals surface area contributed by atoms with Gasteiger partial charge in [0.05, 0.1) is 12.7 Å². The Labute approximate surface area is 111 Å². The summed E-state index contributed by atoms with van der Waals surface area (Å²) in [6.45, 7) is 8.56. The normalized spacial score (nSPS) is 23.6. The number of likely N-dealkylation sites (N-methyl/N-ethyl adjacent to an activating group) is 1. The summed E-state index contributed by atoms with van der Waals surface area (Å²) in [6.07, 6.45) is 3.47. The van der Waals surface area contributed by atoms with Gasteiger partial charge < -0.3 is 9.64 Å². The second-order valence-electron chi connectivity index (χ2n) is 5.65. The summed E-state index contributed by atoms with van der Waals surface area (Å²) in [4.78, 5) is 2.26. The quantitative estimate of drug-likeness (QED) is 0.749. The molecule has 104 valence electrons. The van der Waals surface area contributed by atoms with Crippen LogP contribution in [0.2, 0.25) is 0 Å². The first-order valence-corrected chi connectivity index (χ1v) is 7.02. The molecule has 0 saturated carbocycles. The summed E-state index contributed by atoms with van der Waals surface area (Å²) < 4.78 is 5.50. The number of nitrogens with zero attached hydrogens (tertiary/aromatic N) is 2. The van der Waals surface area contributed by atoms with E-state index >= 15 is 0 Å². The van der Waals surface area contributed by atoms with Gasteiger partial charge in [0.25, 0.3) is 0 Å². The fraction of sp³-hybridized carbons (Fsp3) is 0.929. The summed E-state index contributed by atoms with van der Waals surface area (Å²) in [7, 11) is 2.10. The molecule has 1 N–H and O–H groups in total. The highest BCUT2D eigenvalue weighted by Crippen LogP contribution is 2.15. The Morgan fingerprint density at radius 1 is 1.56 bits per heavy atom. The second kappa shape index (κ2) is 7.73.